The molecule has 15 heavy (non-hydrogen) atoms. The smallest absolute Gasteiger partial charge is 0.125 e. The minimum atomic E-state index is 0.465. The van der Waals surface area contributed by atoms with E-state index in [9.17, 15) is 0 Å². The van der Waals surface area contributed by atoms with Gasteiger partial charge in [0.1, 0.15) is 5.82 Å². The third-order valence-electron chi connectivity index (χ3n) is 3.14. The highest BCUT2D eigenvalue weighted by molar-refractivity contribution is 5.36. The van der Waals surface area contributed by atoms with Crippen LogP contribution in [0.2, 0.25) is 0 Å². The number of aromatic nitrogens is 2. The molecule has 0 saturated heterocycles. The molecule has 0 radical (unpaired) electrons. The van der Waals surface area contributed by atoms with Gasteiger partial charge in [0.15, 0.2) is 0 Å². The van der Waals surface area contributed by atoms with Gasteiger partial charge < -0.3 is 5.73 Å². The van der Waals surface area contributed by atoms with Crippen LogP contribution in [-0.2, 0) is 6.42 Å². The van der Waals surface area contributed by atoms with E-state index in [1.165, 1.54) is 17.0 Å². The molecule has 1 heterocycles. The molecule has 0 aliphatic heterocycles. The second-order valence-electron chi connectivity index (χ2n) is 4.64. The third kappa shape index (κ3) is 1.76. The van der Waals surface area contributed by atoms with E-state index in [4.69, 9.17) is 5.73 Å². The summed E-state index contributed by atoms with van der Waals surface area (Å²) in [4.78, 5) is 9.10. The maximum absolute atomic E-state index is 5.80. The van der Waals surface area contributed by atoms with Gasteiger partial charge in [-0.05, 0) is 37.8 Å². The van der Waals surface area contributed by atoms with E-state index >= 15 is 0 Å². The van der Waals surface area contributed by atoms with Crippen molar-refractivity contribution in [1.29, 1.82) is 0 Å². The number of nitrogens with two attached hydrogens (primary N) is 1. The van der Waals surface area contributed by atoms with Crippen molar-refractivity contribution in [2.24, 2.45) is 5.73 Å². The molecule has 0 amide bonds. The molecule has 1 aromatic rings. The topological polar surface area (TPSA) is 51.8 Å². The van der Waals surface area contributed by atoms with E-state index in [0.29, 0.717) is 11.8 Å². The first-order valence-corrected chi connectivity index (χ1v) is 5.70. The summed E-state index contributed by atoms with van der Waals surface area (Å²) in [6, 6.07) is 0. The van der Waals surface area contributed by atoms with Crippen LogP contribution in [0.5, 0.6) is 0 Å². The van der Waals surface area contributed by atoms with Gasteiger partial charge in [0.2, 0.25) is 0 Å². The van der Waals surface area contributed by atoms with Crippen molar-refractivity contribution in [1.82, 2.24) is 9.97 Å². The summed E-state index contributed by atoms with van der Waals surface area (Å²) >= 11 is 0. The maximum atomic E-state index is 5.80. The Hall–Kier alpha value is -0.960. The minimum Gasteiger partial charge on any atom is -0.330 e. The molecule has 0 bridgehead atoms. The van der Waals surface area contributed by atoms with E-state index in [0.717, 1.165) is 25.2 Å². The Balaban J connectivity index is 2.55. The lowest BCUT2D eigenvalue weighted by Gasteiger charge is -2.15. The molecule has 1 aliphatic rings. The van der Waals surface area contributed by atoms with E-state index < -0.39 is 0 Å². The van der Waals surface area contributed by atoms with Gasteiger partial charge >= 0.3 is 0 Å². The van der Waals surface area contributed by atoms with Gasteiger partial charge in [-0.15, -0.1) is 0 Å². The fourth-order valence-corrected chi connectivity index (χ4v) is 2.43. The third-order valence-corrected chi connectivity index (χ3v) is 3.14. The van der Waals surface area contributed by atoms with Crippen molar-refractivity contribution >= 4 is 0 Å². The van der Waals surface area contributed by atoms with Crippen LogP contribution in [0, 0.1) is 6.92 Å². The zero-order valence-corrected chi connectivity index (χ0v) is 9.75. The zero-order chi connectivity index (χ0) is 11.0. The van der Waals surface area contributed by atoms with E-state index in [-0.39, 0.29) is 0 Å². The van der Waals surface area contributed by atoms with E-state index in [1.807, 2.05) is 6.92 Å². The van der Waals surface area contributed by atoms with Crippen LogP contribution in [0.25, 0.3) is 0 Å². The molecule has 0 saturated carbocycles. The molecule has 1 aliphatic carbocycles. The summed E-state index contributed by atoms with van der Waals surface area (Å²) in [6.45, 7) is 7.07. The number of rotatable bonds is 2. The first-order valence-electron chi connectivity index (χ1n) is 5.70. The first kappa shape index (κ1) is 10.6. The SMILES string of the molecule is Cc1nc2c(c(C(C)C)n1)C(CN)CC2. The van der Waals surface area contributed by atoms with Gasteiger partial charge in [-0.2, -0.15) is 0 Å². The van der Waals surface area contributed by atoms with Crippen LogP contribution >= 0.6 is 0 Å². The minimum absolute atomic E-state index is 0.465. The van der Waals surface area contributed by atoms with Gasteiger partial charge in [0.25, 0.3) is 0 Å². The van der Waals surface area contributed by atoms with Crippen LogP contribution < -0.4 is 5.73 Å². The van der Waals surface area contributed by atoms with Gasteiger partial charge in [0.05, 0.1) is 5.69 Å². The van der Waals surface area contributed by atoms with Crippen LogP contribution in [0.3, 0.4) is 0 Å². The average Bonchev–Trinajstić information content (AvgIpc) is 2.58. The Morgan fingerprint density at radius 3 is 2.73 bits per heavy atom. The van der Waals surface area contributed by atoms with Crippen molar-refractivity contribution < 1.29 is 0 Å². The Morgan fingerprint density at radius 2 is 2.13 bits per heavy atom. The quantitative estimate of drug-likeness (QED) is 0.802. The molecule has 0 aromatic carbocycles. The van der Waals surface area contributed by atoms with Crippen LogP contribution in [0.4, 0.5) is 0 Å². The molecule has 3 heteroatoms. The van der Waals surface area contributed by atoms with Crippen molar-refractivity contribution in [2.75, 3.05) is 6.54 Å². The molecule has 2 rings (SSSR count). The Morgan fingerprint density at radius 1 is 1.40 bits per heavy atom. The molecule has 1 unspecified atom stereocenters. The molecule has 1 atom stereocenters. The summed E-state index contributed by atoms with van der Waals surface area (Å²) in [5, 5.41) is 0. The lowest BCUT2D eigenvalue weighted by Crippen LogP contribution is -2.14. The summed E-state index contributed by atoms with van der Waals surface area (Å²) < 4.78 is 0. The maximum Gasteiger partial charge on any atom is 0.125 e. The highest BCUT2D eigenvalue weighted by Gasteiger charge is 2.27. The second kappa shape index (κ2) is 3.89. The zero-order valence-electron chi connectivity index (χ0n) is 9.75. The molecular weight excluding hydrogens is 186 g/mol. The summed E-state index contributed by atoms with van der Waals surface area (Å²) in [5.41, 5.74) is 9.60. The van der Waals surface area contributed by atoms with Gasteiger partial charge in [0, 0.05) is 11.6 Å². The molecule has 0 fully saturated rings. The highest BCUT2D eigenvalue weighted by atomic mass is 14.9. The Labute approximate surface area is 91.1 Å². The molecule has 2 N–H and O–H groups in total. The van der Waals surface area contributed by atoms with E-state index in [1.54, 1.807) is 0 Å². The molecule has 0 spiro atoms. The van der Waals surface area contributed by atoms with Crippen LogP contribution in [0.15, 0.2) is 0 Å². The van der Waals surface area contributed by atoms with Crippen molar-refractivity contribution in [3.05, 3.63) is 22.8 Å². The number of nitrogens with zero attached hydrogens (tertiary/aromatic N) is 2. The summed E-state index contributed by atoms with van der Waals surface area (Å²) in [6.07, 6.45) is 2.21. The fourth-order valence-electron chi connectivity index (χ4n) is 2.43. The van der Waals surface area contributed by atoms with Crippen molar-refractivity contribution in [2.45, 2.75) is 45.4 Å². The predicted octanol–water partition coefficient (Wildman–Crippen LogP) is 1.90. The van der Waals surface area contributed by atoms with Gasteiger partial charge in [-0.3, -0.25) is 0 Å². The summed E-state index contributed by atoms with van der Waals surface area (Å²) in [7, 11) is 0. The molecule has 1 aromatic heterocycles. The van der Waals surface area contributed by atoms with Gasteiger partial charge in [-0.25, -0.2) is 9.97 Å². The van der Waals surface area contributed by atoms with E-state index in [2.05, 4.69) is 23.8 Å². The fraction of sp³-hybridized carbons (Fsp3) is 0.667. The highest BCUT2D eigenvalue weighted by Crippen LogP contribution is 2.35. The average molecular weight is 205 g/mol. The standard InChI is InChI=1S/C12H19N3/c1-7(2)12-11-9(6-13)4-5-10(11)14-8(3)15-12/h7,9H,4-6,13H2,1-3H3. The van der Waals surface area contributed by atoms with Gasteiger partial charge in [-0.1, -0.05) is 13.8 Å². The first-order chi connectivity index (χ1) is 7.13. The lowest BCUT2D eigenvalue weighted by atomic mass is 9.95. The number of aryl methyl sites for hydroxylation is 2. The van der Waals surface area contributed by atoms with Crippen LogP contribution in [0.1, 0.15) is 54.9 Å². The van der Waals surface area contributed by atoms with Crippen molar-refractivity contribution in [3.8, 4) is 0 Å². The Bertz CT molecular complexity index is 371. The number of fused-ring (bicyclic) bond motifs is 1. The number of hydrogen-bond acceptors (Lipinski definition) is 3. The molecule has 82 valence electrons. The summed E-state index contributed by atoms with van der Waals surface area (Å²) in [5.74, 6) is 1.85. The predicted molar refractivity (Wildman–Crippen MR) is 61.0 cm³/mol. The normalized spacial score (nSPS) is 19.7. The largest absolute Gasteiger partial charge is 0.330 e. The second-order valence-corrected chi connectivity index (χ2v) is 4.64. The lowest BCUT2D eigenvalue weighted by molar-refractivity contribution is 0.668. The van der Waals surface area contributed by atoms with Crippen molar-refractivity contribution in [3.63, 3.8) is 0 Å². The Kier molecular flexibility index (Phi) is 2.74. The van der Waals surface area contributed by atoms with Crippen LogP contribution in [-0.4, -0.2) is 16.5 Å². The monoisotopic (exact) mass is 205 g/mol. The molecule has 3 nitrogen and oxygen atoms in total. The molecular formula is C12H19N3. The number of hydrogen-bond donors (Lipinski definition) is 1.